The largest absolute Gasteiger partial charge is 0.497 e. The molecular weight excluding hydrogens is 320 g/mol. The van der Waals surface area contributed by atoms with E-state index in [1.165, 1.54) is 11.3 Å². The van der Waals surface area contributed by atoms with E-state index in [9.17, 15) is 4.79 Å². The standard InChI is InChI=1S/C14H12N4O2S2/c1-8-12(22-18-17-8)13(19)16-14-15-11(7-21-14)9-4-3-5-10(6-9)20-2/h3-7H,1-2H3,(H,15,16,19). The normalized spacial score (nSPS) is 10.5. The SMILES string of the molecule is COc1cccc(-c2csc(NC(=O)c3snnc3C)n2)c1. The molecule has 0 saturated carbocycles. The average Bonchev–Trinajstić information content (AvgIpc) is 3.16. The van der Waals surface area contributed by atoms with Crippen LogP contribution in [0.3, 0.4) is 0 Å². The van der Waals surface area contributed by atoms with Gasteiger partial charge in [0.25, 0.3) is 5.91 Å². The predicted molar refractivity (Wildman–Crippen MR) is 86.7 cm³/mol. The molecule has 0 bridgehead atoms. The first-order valence-corrected chi connectivity index (χ1v) is 8.03. The summed E-state index contributed by atoms with van der Waals surface area (Å²) in [4.78, 5) is 17.0. The third-order valence-electron chi connectivity index (χ3n) is 2.95. The molecule has 3 aromatic rings. The highest BCUT2D eigenvalue weighted by atomic mass is 32.1. The maximum absolute atomic E-state index is 12.1. The van der Waals surface area contributed by atoms with Crippen LogP contribution in [0.1, 0.15) is 15.4 Å². The van der Waals surface area contributed by atoms with Gasteiger partial charge in [0.05, 0.1) is 18.5 Å². The Labute approximate surface area is 135 Å². The summed E-state index contributed by atoms with van der Waals surface area (Å²) in [5.74, 6) is 0.529. The third kappa shape index (κ3) is 2.97. The minimum absolute atomic E-state index is 0.237. The van der Waals surface area contributed by atoms with E-state index in [-0.39, 0.29) is 5.91 Å². The van der Waals surface area contributed by atoms with Crippen molar-refractivity contribution in [3.63, 3.8) is 0 Å². The molecule has 6 nitrogen and oxygen atoms in total. The van der Waals surface area contributed by atoms with Crippen molar-refractivity contribution in [1.29, 1.82) is 0 Å². The number of benzene rings is 1. The first-order chi connectivity index (χ1) is 10.7. The summed E-state index contributed by atoms with van der Waals surface area (Å²) in [7, 11) is 1.62. The number of rotatable bonds is 4. The lowest BCUT2D eigenvalue weighted by Gasteiger charge is -2.01. The van der Waals surface area contributed by atoms with E-state index in [2.05, 4.69) is 19.9 Å². The second kappa shape index (κ2) is 6.20. The molecule has 1 N–H and O–H groups in total. The molecule has 2 heterocycles. The van der Waals surface area contributed by atoms with Crippen molar-refractivity contribution < 1.29 is 9.53 Å². The molecule has 0 fully saturated rings. The van der Waals surface area contributed by atoms with Crippen LogP contribution in [0, 0.1) is 6.92 Å². The maximum Gasteiger partial charge on any atom is 0.271 e. The van der Waals surface area contributed by atoms with Gasteiger partial charge >= 0.3 is 0 Å². The second-order valence-corrected chi connectivity index (χ2v) is 6.02. The van der Waals surface area contributed by atoms with Crippen LogP contribution >= 0.6 is 22.9 Å². The molecule has 112 valence electrons. The summed E-state index contributed by atoms with van der Waals surface area (Å²) in [6, 6.07) is 7.62. The Morgan fingerprint density at radius 3 is 2.95 bits per heavy atom. The molecule has 2 aromatic heterocycles. The van der Waals surface area contributed by atoms with Gasteiger partial charge in [-0.05, 0) is 30.6 Å². The molecule has 8 heteroatoms. The Morgan fingerprint density at radius 2 is 2.23 bits per heavy atom. The van der Waals surface area contributed by atoms with Gasteiger partial charge in [0.15, 0.2) is 5.13 Å². The zero-order valence-corrected chi connectivity index (χ0v) is 13.5. The van der Waals surface area contributed by atoms with E-state index in [1.54, 1.807) is 14.0 Å². The van der Waals surface area contributed by atoms with Crippen LogP contribution < -0.4 is 10.1 Å². The number of anilines is 1. The van der Waals surface area contributed by atoms with Gasteiger partial charge in [-0.3, -0.25) is 10.1 Å². The summed E-state index contributed by atoms with van der Waals surface area (Å²) < 4.78 is 8.96. The number of ether oxygens (including phenoxy) is 1. The van der Waals surface area contributed by atoms with Gasteiger partial charge in [0.2, 0.25) is 0 Å². The quantitative estimate of drug-likeness (QED) is 0.794. The van der Waals surface area contributed by atoms with E-state index in [0.29, 0.717) is 15.7 Å². The molecule has 0 atom stereocenters. The summed E-state index contributed by atoms with van der Waals surface area (Å²) >= 11 is 2.44. The summed E-state index contributed by atoms with van der Waals surface area (Å²) in [5.41, 5.74) is 2.34. The lowest BCUT2D eigenvalue weighted by molar-refractivity contribution is 0.103. The number of aromatic nitrogens is 3. The molecule has 0 aliphatic carbocycles. The van der Waals surface area contributed by atoms with Crippen molar-refractivity contribution in [2.45, 2.75) is 6.92 Å². The fourth-order valence-electron chi connectivity index (χ4n) is 1.84. The van der Waals surface area contributed by atoms with Gasteiger partial charge in [-0.1, -0.05) is 16.6 Å². The number of hydrogen-bond donors (Lipinski definition) is 1. The molecule has 0 saturated heterocycles. The van der Waals surface area contributed by atoms with Crippen molar-refractivity contribution in [3.05, 3.63) is 40.2 Å². The van der Waals surface area contributed by atoms with E-state index in [4.69, 9.17) is 4.74 Å². The number of carbonyl (C=O) groups excluding carboxylic acids is 1. The molecule has 0 aliphatic rings. The molecule has 1 amide bonds. The highest BCUT2D eigenvalue weighted by molar-refractivity contribution is 7.14. The molecule has 3 rings (SSSR count). The van der Waals surface area contributed by atoms with Crippen molar-refractivity contribution >= 4 is 33.9 Å². The van der Waals surface area contributed by atoms with Crippen LogP contribution in [0.2, 0.25) is 0 Å². The summed E-state index contributed by atoms with van der Waals surface area (Å²) in [6.07, 6.45) is 0. The Balaban J connectivity index is 1.79. The number of methoxy groups -OCH3 is 1. The van der Waals surface area contributed by atoms with E-state index in [1.807, 2.05) is 29.6 Å². The number of carbonyl (C=O) groups is 1. The first kappa shape index (κ1) is 14.6. The Bertz CT molecular complexity index is 813. The van der Waals surface area contributed by atoms with Crippen LogP contribution in [0.5, 0.6) is 5.75 Å². The van der Waals surface area contributed by atoms with E-state index >= 15 is 0 Å². The lowest BCUT2D eigenvalue weighted by Crippen LogP contribution is -2.11. The Kier molecular flexibility index (Phi) is 4.12. The van der Waals surface area contributed by atoms with Gasteiger partial charge in [-0.25, -0.2) is 4.98 Å². The topological polar surface area (TPSA) is 77.0 Å². The van der Waals surface area contributed by atoms with Crippen molar-refractivity contribution in [3.8, 4) is 17.0 Å². The monoisotopic (exact) mass is 332 g/mol. The van der Waals surface area contributed by atoms with Crippen molar-refractivity contribution in [1.82, 2.24) is 14.6 Å². The molecule has 22 heavy (non-hydrogen) atoms. The Hall–Kier alpha value is -2.32. The van der Waals surface area contributed by atoms with Crippen LogP contribution in [0.15, 0.2) is 29.6 Å². The summed E-state index contributed by atoms with van der Waals surface area (Å²) in [6.45, 7) is 1.75. The number of nitrogens with one attached hydrogen (secondary N) is 1. The van der Waals surface area contributed by atoms with Gasteiger partial charge < -0.3 is 4.74 Å². The number of amides is 1. The fraction of sp³-hybridized carbons (Fsp3) is 0.143. The molecule has 0 spiro atoms. The van der Waals surface area contributed by atoms with Gasteiger partial charge in [0.1, 0.15) is 10.6 Å². The highest BCUT2D eigenvalue weighted by Gasteiger charge is 2.15. The predicted octanol–water partition coefficient (Wildman–Crippen LogP) is 3.23. The second-order valence-electron chi connectivity index (χ2n) is 4.41. The fourth-order valence-corrected chi connectivity index (χ4v) is 3.11. The van der Waals surface area contributed by atoms with Gasteiger partial charge in [0, 0.05) is 10.9 Å². The van der Waals surface area contributed by atoms with Gasteiger partial charge in [-0.15, -0.1) is 16.4 Å². The minimum atomic E-state index is -0.237. The minimum Gasteiger partial charge on any atom is -0.497 e. The van der Waals surface area contributed by atoms with Crippen molar-refractivity contribution in [2.75, 3.05) is 12.4 Å². The van der Waals surface area contributed by atoms with Crippen molar-refractivity contribution in [2.24, 2.45) is 0 Å². The molecule has 0 radical (unpaired) electrons. The van der Waals surface area contributed by atoms with Crippen LogP contribution in [-0.2, 0) is 0 Å². The Morgan fingerprint density at radius 1 is 1.36 bits per heavy atom. The summed E-state index contributed by atoms with van der Waals surface area (Å²) in [5, 5.41) is 9.03. The zero-order chi connectivity index (χ0) is 15.5. The van der Waals surface area contributed by atoms with Gasteiger partial charge in [-0.2, -0.15) is 0 Å². The number of nitrogens with zero attached hydrogens (tertiary/aromatic N) is 3. The molecule has 1 aromatic carbocycles. The first-order valence-electron chi connectivity index (χ1n) is 6.37. The number of thiazole rings is 1. The number of hydrogen-bond acceptors (Lipinski definition) is 7. The maximum atomic E-state index is 12.1. The van der Waals surface area contributed by atoms with E-state index < -0.39 is 0 Å². The molecule has 0 aliphatic heterocycles. The average molecular weight is 332 g/mol. The number of aryl methyl sites for hydroxylation is 1. The molecule has 0 unspecified atom stereocenters. The van der Waals surface area contributed by atoms with Crippen LogP contribution in [0.25, 0.3) is 11.3 Å². The zero-order valence-electron chi connectivity index (χ0n) is 11.9. The highest BCUT2D eigenvalue weighted by Crippen LogP contribution is 2.27. The van der Waals surface area contributed by atoms with Crippen LogP contribution in [0.4, 0.5) is 5.13 Å². The lowest BCUT2D eigenvalue weighted by atomic mass is 10.2. The third-order valence-corrected chi connectivity index (χ3v) is 4.53. The molecular formula is C14H12N4O2S2. The van der Waals surface area contributed by atoms with Crippen LogP contribution in [-0.4, -0.2) is 27.6 Å². The van der Waals surface area contributed by atoms with E-state index in [0.717, 1.165) is 28.5 Å². The smallest absolute Gasteiger partial charge is 0.271 e.